The molecular formula is C21H18BrClN2O4. The van der Waals surface area contributed by atoms with Crippen LogP contribution in [0.1, 0.15) is 29.0 Å². The average Bonchev–Trinajstić information content (AvgIpc) is 2.91. The number of carbonyl (C=O) groups is 3. The summed E-state index contributed by atoms with van der Waals surface area (Å²) in [5.74, 6) is -2.72. The maximum Gasteiger partial charge on any atom is 0.311 e. The summed E-state index contributed by atoms with van der Waals surface area (Å²) in [4.78, 5) is 34.3. The summed E-state index contributed by atoms with van der Waals surface area (Å²) in [5.41, 5.74) is 8.19. The predicted octanol–water partition coefficient (Wildman–Crippen LogP) is 3.89. The van der Waals surface area contributed by atoms with Gasteiger partial charge in [-0.3, -0.25) is 9.59 Å². The predicted molar refractivity (Wildman–Crippen MR) is 114 cm³/mol. The number of aromatic nitrogens is 1. The Morgan fingerprint density at radius 2 is 1.93 bits per heavy atom. The zero-order valence-electron chi connectivity index (χ0n) is 15.3. The summed E-state index contributed by atoms with van der Waals surface area (Å²) < 4.78 is 2.62. The van der Waals surface area contributed by atoms with Gasteiger partial charge in [-0.2, -0.15) is 0 Å². The zero-order chi connectivity index (χ0) is 21.1. The SMILES string of the molecule is NC(=O)Cc1c(Br)n(Cc2ccccc2)c2cc(Cl)c(C(CC=O)C(=O)O)cc12. The van der Waals surface area contributed by atoms with Crippen molar-refractivity contribution in [3.05, 3.63) is 68.8 Å². The van der Waals surface area contributed by atoms with Gasteiger partial charge >= 0.3 is 5.97 Å². The lowest BCUT2D eigenvalue weighted by Crippen LogP contribution is -2.14. The highest BCUT2D eigenvalue weighted by Gasteiger charge is 2.25. The molecule has 0 saturated heterocycles. The second kappa shape index (κ2) is 8.80. The number of carbonyl (C=O) groups excluding carboxylic acids is 2. The van der Waals surface area contributed by atoms with Crippen LogP contribution in [0.2, 0.25) is 5.02 Å². The molecule has 29 heavy (non-hydrogen) atoms. The van der Waals surface area contributed by atoms with Crippen molar-refractivity contribution >= 4 is 56.6 Å². The molecule has 1 unspecified atom stereocenters. The van der Waals surface area contributed by atoms with Gasteiger partial charge in [0.25, 0.3) is 0 Å². The molecule has 0 aliphatic carbocycles. The van der Waals surface area contributed by atoms with Gasteiger partial charge in [0.05, 0.1) is 22.5 Å². The van der Waals surface area contributed by atoms with Crippen molar-refractivity contribution in [3.8, 4) is 0 Å². The van der Waals surface area contributed by atoms with E-state index in [2.05, 4.69) is 15.9 Å². The van der Waals surface area contributed by atoms with Gasteiger partial charge in [-0.1, -0.05) is 41.9 Å². The molecule has 3 rings (SSSR count). The summed E-state index contributed by atoms with van der Waals surface area (Å²) in [7, 11) is 0. The van der Waals surface area contributed by atoms with Crippen molar-refractivity contribution in [2.45, 2.75) is 25.3 Å². The number of aliphatic carboxylic acids is 1. The number of primary amides is 1. The highest BCUT2D eigenvalue weighted by Crippen LogP contribution is 2.38. The molecule has 3 N–H and O–H groups in total. The van der Waals surface area contributed by atoms with E-state index in [1.54, 1.807) is 12.1 Å². The third-order valence-electron chi connectivity index (χ3n) is 4.76. The molecular weight excluding hydrogens is 460 g/mol. The fourth-order valence-electron chi connectivity index (χ4n) is 3.41. The van der Waals surface area contributed by atoms with Gasteiger partial charge in [-0.25, -0.2) is 0 Å². The Hall–Kier alpha value is -2.64. The molecule has 0 fully saturated rings. The molecule has 0 aliphatic rings. The first-order valence-electron chi connectivity index (χ1n) is 8.82. The molecule has 0 spiro atoms. The Morgan fingerprint density at radius 1 is 1.24 bits per heavy atom. The van der Waals surface area contributed by atoms with Gasteiger partial charge in [-0.15, -0.1) is 0 Å². The molecule has 2 aromatic carbocycles. The van der Waals surface area contributed by atoms with E-state index in [9.17, 15) is 19.5 Å². The Labute approximate surface area is 180 Å². The van der Waals surface area contributed by atoms with Crippen LogP contribution in [0.5, 0.6) is 0 Å². The second-order valence-electron chi connectivity index (χ2n) is 6.67. The lowest BCUT2D eigenvalue weighted by molar-refractivity contribution is -0.139. The van der Waals surface area contributed by atoms with E-state index in [1.807, 2.05) is 34.9 Å². The third-order valence-corrected chi connectivity index (χ3v) is 5.99. The monoisotopic (exact) mass is 476 g/mol. The number of rotatable bonds is 8. The zero-order valence-corrected chi connectivity index (χ0v) is 17.6. The molecule has 0 radical (unpaired) electrons. The molecule has 0 bridgehead atoms. The number of hydrogen-bond donors (Lipinski definition) is 2. The number of amides is 1. The quantitative estimate of drug-likeness (QED) is 0.480. The summed E-state index contributed by atoms with van der Waals surface area (Å²) in [6, 6.07) is 13.1. The first-order chi connectivity index (χ1) is 13.8. The van der Waals surface area contributed by atoms with Crippen molar-refractivity contribution in [3.63, 3.8) is 0 Å². The van der Waals surface area contributed by atoms with Crippen LogP contribution in [-0.4, -0.2) is 27.8 Å². The van der Waals surface area contributed by atoms with E-state index in [4.69, 9.17) is 17.3 Å². The van der Waals surface area contributed by atoms with Crippen LogP contribution >= 0.6 is 27.5 Å². The Bertz CT molecular complexity index is 1100. The number of nitrogens with two attached hydrogens (primary N) is 1. The minimum absolute atomic E-state index is 0.0225. The summed E-state index contributed by atoms with van der Waals surface area (Å²) >= 11 is 9.99. The lowest BCUT2D eigenvalue weighted by Gasteiger charge is -2.13. The van der Waals surface area contributed by atoms with E-state index < -0.39 is 17.8 Å². The number of fused-ring (bicyclic) bond motifs is 1. The summed E-state index contributed by atoms with van der Waals surface area (Å²) in [6.07, 6.45) is 0.336. The normalized spacial score (nSPS) is 12.1. The molecule has 0 saturated carbocycles. The van der Waals surface area contributed by atoms with Gasteiger partial charge in [-0.05, 0) is 39.2 Å². The third kappa shape index (κ3) is 4.36. The summed E-state index contributed by atoms with van der Waals surface area (Å²) in [5, 5.41) is 10.4. The van der Waals surface area contributed by atoms with Gasteiger partial charge in [0.2, 0.25) is 5.91 Å². The number of carboxylic acid groups (broad SMARTS) is 1. The number of nitrogens with zero attached hydrogens (tertiary/aromatic N) is 1. The van der Waals surface area contributed by atoms with Crippen LogP contribution in [-0.2, 0) is 27.3 Å². The van der Waals surface area contributed by atoms with Gasteiger partial charge < -0.3 is 20.2 Å². The second-order valence-corrected chi connectivity index (χ2v) is 7.83. The number of carboxylic acids is 1. The molecule has 8 heteroatoms. The minimum atomic E-state index is -1.14. The Kier molecular flexibility index (Phi) is 6.39. The van der Waals surface area contributed by atoms with Crippen molar-refractivity contribution in [1.82, 2.24) is 4.57 Å². The highest BCUT2D eigenvalue weighted by atomic mass is 79.9. The van der Waals surface area contributed by atoms with Crippen LogP contribution in [0, 0.1) is 0 Å². The van der Waals surface area contributed by atoms with Crippen molar-refractivity contribution < 1.29 is 19.5 Å². The van der Waals surface area contributed by atoms with E-state index in [-0.39, 0.29) is 17.9 Å². The van der Waals surface area contributed by atoms with E-state index >= 15 is 0 Å². The molecule has 150 valence electrons. The van der Waals surface area contributed by atoms with Crippen molar-refractivity contribution in [1.29, 1.82) is 0 Å². The van der Waals surface area contributed by atoms with E-state index in [0.717, 1.165) is 11.1 Å². The van der Waals surface area contributed by atoms with Crippen LogP contribution in [0.4, 0.5) is 0 Å². The van der Waals surface area contributed by atoms with E-state index in [0.29, 0.717) is 33.9 Å². The first kappa shape index (κ1) is 21.1. The van der Waals surface area contributed by atoms with Gasteiger partial charge in [0.1, 0.15) is 6.29 Å². The molecule has 6 nitrogen and oxygen atoms in total. The fraction of sp³-hybridized carbons (Fsp3) is 0.190. The van der Waals surface area contributed by atoms with Gasteiger partial charge in [0, 0.05) is 28.9 Å². The molecule has 0 aliphatic heterocycles. The molecule has 3 aromatic rings. The lowest BCUT2D eigenvalue weighted by atomic mass is 9.94. The van der Waals surface area contributed by atoms with Crippen molar-refractivity contribution in [2.24, 2.45) is 5.73 Å². The van der Waals surface area contributed by atoms with Crippen LogP contribution < -0.4 is 5.73 Å². The average molecular weight is 478 g/mol. The Morgan fingerprint density at radius 3 is 2.52 bits per heavy atom. The fourth-order valence-corrected chi connectivity index (χ4v) is 4.37. The molecule has 1 heterocycles. The number of hydrogen-bond acceptors (Lipinski definition) is 3. The molecule has 1 aromatic heterocycles. The Balaban J connectivity index is 2.24. The minimum Gasteiger partial charge on any atom is -0.481 e. The smallest absolute Gasteiger partial charge is 0.311 e. The van der Waals surface area contributed by atoms with Crippen LogP contribution in [0.3, 0.4) is 0 Å². The maximum absolute atomic E-state index is 11.7. The molecule has 1 atom stereocenters. The van der Waals surface area contributed by atoms with Crippen LogP contribution in [0.25, 0.3) is 10.9 Å². The first-order valence-corrected chi connectivity index (χ1v) is 9.99. The number of halogens is 2. The maximum atomic E-state index is 11.7. The van der Waals surface area contributed by atoms with E-state index in [1.165, 1.54) is 0 Å². The van der Waals surface area contributed by atoms with Crippen molar-refractivity contribution in [2.75, 3.05) is 0 Å². The molecule has 1 amide bonds. The van der Waals surface area contributed by atoms with Crippen LogP contribution in [0.15, 0.2) is 47.1 Å². The standard InChI is InChI=1S/C21H18BrClN2O4/c22-20-16(9-19(24)27)15-8-14(13(6-7-26)21(28)29)17(23)10-18(15)25(20)11-12-4-2-1-3-5-12/h1-5,7-8,10,13H,6,9,11H2,(H2,24,27)(H,28,29). The van der Waals surface area contributed by atoms with Gasteiger partial charge in [0.15, 0.2) is 0 Å². The number of aldehydes is 1. The number of benzene rings is 2. The summed E-state index contributed by atoms with van der Waals surface area (Å²) in [6.45, 7) is 0.517. The largest absolute Gasteiger partial charge is 0.481 e. The topological polar surface area (TPSA) is 102 Å². The highest BCUT2D eigenvalue weighted by molar-refractivity contribution is 9.10.